The van der Waals surface area contributed by atoms with Crippen LogP contribution in [0.4, 0.5) is 0 Å². The summed E-state index contributed by atoms with van der Waals surface area (Å²) in [5.74, 6) is 0.410. The van der Waals surface area contributed by atoms with Gasteiger partial charge in [-0.05, 0) is 48.7 Å². The minimum absolute atomic E-state index is 0.147. The zero-order valence-electron chi connectivity index (χ0n) is 15.3. The molecule has 2 aromatic carbocycles. The monoisotopic (exact) mass is 388 g/mol. The van der Waals surface area contributed by atoms with E-state index in [4.69, 9.17) is 4.74 Å². The summed E-state index contributed by atoms with van der Waals surface area (Å²) < 4.78 is 32.6. The van der Waals surface area contributed by atoms with Crippen LogP contribution in [0.25, 0.3) is 0 Å². The smallest absolute Gasteiger partial charge is 0.251 e. The average molecular weight is 388 g/mol. The molecule has 144 valence electrons. The molecule has 0 bridgehead atoms. The SMILES string of the molecule is COc1ccc(C(=O)NCc2ccccc2S(=O)(=O)N2CCCCC2)cc1. The fourth-order valence-corrected chi connectivity index (χ4v) is 4.90. The molecule has 1 aliphatic rings. The zero-order chi connectivity index (χ0) is 19.3. The summed E-state index contributed by atoms with van der Waals surface area (Å²) in [6, 6.07) is 13.6. The van der Waals surface area contributed by atoms with Gasteiger partial charge in [-0.3, -0.25) is 4.79 Å². The Balaban J connectivity index is 1.74. The third kappa shape index (κ3) is 4.48. The standard InChI is InChI=1S/C20H24N2O4S/c1-26-18-11-9-16(10-12-18)20(23)21-15-17-7-3-4-8-19(17)27(24,25)22-13-5-2-6-14-22/h3-4,7-12H,2,5-6,13-15H2,1H3,(H,21,23). The highest BCUT2D eigenvalue weighted by Gasteiger charge is 2.27. The third-order valence-corrected chi connectivity index (χ3v) is 6.70. The Hall–Kier alpha value is -2.38. The Labute approximate surface area is 160 Å². The number of amides is 1. The summed E-state index contributed by atoms with van der Waals surface area (Å²) in [4.78, 5) is 12.6. The minimum Gasteiger partial charge on any atom is -0.497 e. The van der Waals surface area contributed by atoms with E-state index in [1.165, 1.54) is 0 Å². The first-order chi connectivity index (χ1) is 13.0. The number of hydrogen-bond acceptors (Lipinski definition) is 4. The van der Waals surface area contributed by atoms with Crippen molar-refractivity contribution < 1.29 is 17.9 Å². The predicted octanol–water partition coefficient (Wildman–Crippen LogP) is 2.80. The van der Waals surface area contributed by atoms with Gasteiger partial charge in [-0.1, -0.05) is 24.6 Å². The predicted molar refractivity (Wildman–Crippen MR) is 103 cm³/mol. The number of sulfonamides is 1. The quantitative estimate of drug-likeness (QED) is 0.826. The van der Waals surface area contributed by atoms with Gasteiger partial charge in [-0.2, -0.15) is 4.31 Å². The molecule has 0 radical (unpaired) electrons. The van der Waals surface area contributed by atoms with Gasteiger partial charge in [0.2, 0.25) is 10.0 Å². The molecule has 0 aliphatic carbocycles. The van der Waals surface area contributed by atoms with Crippen LogP contribution >= 0.6 is 0 Å². The molecule has 6 nitrogen and oxygen atoms in total. The Bertz CT molecular complexity index is 888. The lowest BCUT2D eigenvalue weighted by Gasteiger charge is -2.26. The highest BCUT2D eigenvalue weighted by Crippen LogP contribution is 2.23. The van der Waals surface area contributed by atoms with Crippen molar-refractivity contribution in [1.82, 2.24) is 9.62 Å². The Kier molecular flexibility index (Phi) is 6.13. The van der Waals surface area contributed by atoms with Crippen LogP contribution in [0.15, 0.2) is 53.4 Å². The van der Waals surface area contributed by atoms with Gasteiger partial charge in [-0.25, -0.2) is 8.42 Å². The molecule has 1 N–H and O–H groups in total. The van der Waals surface area contributed by atoms with Crippen molar-refractivity contribution in [2.45, 2.75) is 30.7 Å². The number of nitrogens with one attached hydrogen (secondary N) is 1. The van der Waals surface area contributed by atoms with E-state index in [0.717, 1.165) is 19.3 Å². The Morgan fingerprint density at radius 1 is 1.04 bits per heavy atom. The van der Waals surface area contributed by atoms with Crippen molar-refractivity contribution >= 4 is 15.9 Å². The van der Waals surface area contributed by atoms with Crippen LogP contribution in [-0.2, 0) is 16.6 Å². The van der Waals surface area contributed by atoms with Gasteiger partial charge in [0.1, 0.15) is 5.75 Å². The van der Waals surface area contributed by atoms with E-state index in [-0.39, 0.29) is 17.3 Å². The van der Waals surface area contributed by atoms with Crippen molar-refractivity contribution in [2.24, 2.45) is 0 Å². The van der Waals surface area contributed by atoms with Gasteiger partial charge in [0, 0.05) is 25.2 Å². The van der Waals surface area contributed by atoms with Gasteiger partial charge < -0.3 is 10.1 Å². The Morgan fingerprint density at radius 3 is 2.37 bits per heavy atom. The molecule has 1 saturated heterocycles. The van der Waals surface area contributed by atoms with Gasteiger partial charge in [-0.15, -0.1) is 0 Å². The molecule has 0 saturated carbocycles. The second-order valence-electron chi connectivity index (χ2n) is 6.48. The van der Waals surface area contributed by atoms with Crippen LogP contribution in [0.5, 0.6) is 5.75 Å². The molecule has 1 heterocycles. The maximum atomic E-state index is 13.0. The highest BCUT2D eigenvalue weighted by molar-refractivity contribution is 7.89. The molecule has 1 aliphatic heterocycles. The van der Waals surface area contributed by atoms with E-state index < -0.39 is 10.0 Å². The second kappa shape index (κ2) is 8.54. The molecule has 7 heteroatoms. The number of ether oxygens (including phenoxy) is 1. The van der Waals surface area contributed by atoms with Crippen LogP contribution in [0.1, 0.15) is 35.2 Å². The van der Waals surface area contributed by atoms with Crippen LogP contribution in [0.3, 0.4) is 0 Å². The van der Waals surface area contributed by atoms with Gasteiger partial charge >= 0.3 is 0 Å². The lowest BCUT2D eigenvalue weighted by Crippen LogP contribution is -2.36. The topological polar surface area (TPSA) is 75.7 Å². The molecule has 27 heavy (non-hydrogen) atoms. The largest absolute Gasteiger partial charge is 0.497 e. The molecule has 3 rings (SSSR count). The maximum Gasteiger partial charge on any atom is 0.251 e. The van der Waals surface area contributed by atoms with Crippen LogP contribution in [-0.4, -0.2) is 38.8 Å². The van der Waals surface area contributed by atoms with E-state index >= 15 is 0 Å². The number of carbonyl (C=O) groups is 1. The summed E-state index contributed by atoms with van der Waals surface area (Å²) in [7, 11) is -1.98. The van der Waals surface area contributed by atoms with E-state index in [1.54, 1.807) is 59.9 Å². The van der Waals surface area contributed by atoms with Crippen molar-refractivity contribution in [3.63, 3.8) is 0 Å². The van der Waals surface area contributed by atoms with Crippen molar-refractivity contribution in [3.8, 4) is 5.75 Å². The summed E-state index contributed by atoms with van der Waals surface area (Å²) >= 11 is 0. The number of rotatable bonds is 6. The van der Waals surface area contributed by atoms with E-state index in [9.17, 15) is 13.2 Å². The molecular weight excluding hydrogens is 364 g/mol. The fourth-order valence-electron chi connectivity index (χ4n) is 3.17. The molecule has 0 unspecified atom stereocenters. The summed E-state index contributed by atoms with van der Waals surface area (Å²) in [5.41, 5.74) is 1.08. The number of hydrogen-bond donors (Lipinski definition) is 1. The zero-order valence-corrected chi connectivity index (χ0v) is 16.2. The molecule has 1 fully saturated rings. The van der Waals surface area contributed by atoms with E-state index in [2.05, 4.69) is 5.32 Å². The minimum atomic E-state index is -3.55. The van der Waals surface area contributed by atoms with Gasteiger partial charge in [0.25, 0.3) is 5.91 Å². The van der Waals surface area contributed by atoms with Gasteiger partial charge in [0.15, 0.2) is 0 Å². The lowest BCUT2D eigenvalue weighted by molar-refractivity contribution is 0.0950. The van der Waals surface area contributed by atoms with Crippen LogP contribution in [0.2, 0.25) is 0 Å². The first-order valence-corrected chi connectivity index (χ1v) is 10.5. The van der Waals surface area contributed by atoms with Crippen molar-refractivity contribution in [2.75, 3.05) is 20.2 Å². The lowest BCUT2D eigenvalue weighted by atomic mass is 10.2. The molecule has 0 spiro atoms. The van der Waals surface area contributed by atoms with Crippen LogP contribution in [0, 0.1) is 0 Å². The summed E-state index contributed by atoms with van der Waals surface area (Å²) in [6.45, 7) is 1.25. The number of piperidine rings is 1. The first-order valence-electron chi connectivity index (χ1n) is 9.02. The first kappa shape index (κ1) is 19.4. The average Bonchev–Trinajstić information content (AvgIpc) is 2.73. The van der Waals surface area contributed by atoms with Gasteiger partial charge in [0.05, 0.1) is 12.0 Å². The van der Waals surface area contributed by atoms with Crippen molar-refractivity contribution in [3.05, 3.63) is 59.7 Å². The second-order valence-corrected chi connectivity index (χ2v) is 8.39. The summed E-state index contributed by atoms with van der Waals surface area (Å²) in [5, 5.41) is 2.81. The third-order valence-electron chi connectivity index (χ3n) is 4.70. The van der Waals surface area contributed by atoms with E-state index in [1.807, 2.05) is 0 Å². The molecule has 0 aromatic heterocycles. The fraction of sp³-hybridized carbons (Fsp3) is 0.350. The number of benzene rings is 2. The Morgan fingerprint density at radius 2 is 1.70 bits per heavy atom. The highest BCUT2D eigenvalue weighted by atomic mass is 32.2. The normalized spacial score (nSPS) is 15.3. The van der Waals surface area contributed by atoms with Crippen LogP contribution < -0.4 is 10.1 Å². The number of carbonyl (C=O) groups excluding carboxylic acids is 1. The molecule has 1 amide bonds. The molecular formula is C20H24N2O4S. The van der Waals surface area contributed by atoms with Crippen molar-refractivity contribution in [1.29, 1.82) is 0 Å². The van der Waals surface area contributed by atoms with E-state index in [0.29, 0.717) is 30.0 Å². The summed E-state index contributed by atoms with van der Waals surface area (Å²) in [6.07, 6.45) is 2.83. The maximum absolute atomic E-state index is 13.0. The number of nitrogens with zero attached hydrogens (tertiary/aromatic N) is 1. The molecule has 0 atom stereocenters. The molecule has 2 aromatic rings. The number of methoxy groups -OCH3 is 1.